The Morgan fingerprint density at radius 2 is 2.05 bits per heavy atom. The van der Waals surface area contributed by atoms with E-state index in [1.807, 2.05) is 0 Å². The summed E-state index contributed by atoms with van der Waals surface area (Å²) in [6.07, 6.45) is 5.83. The normalized spacial score (nSPS) is 28.8. The van der Waals surface area contributed by atoms with E-state index in [-0.39, 0.29) is 24.4 Å². The molecule has 6 nitrogen and oxygen atoms in total. The smallest absolute Gasteiger partial charge is 0.239 e. The Kier molecular flexibility index (Phi) is 5.79. The molecule has 0 bridgehead atoms. The summed E-state index contributed by atoms with van der Waals surface area (Å²) in [5.74, 6) is 0.405. The molecule has 3 N–H and O–H groups in total. The van der Waals surface area contributed by atoms with Gasteiger partial charge in [-0.3, -0.25) is 9.59 Å². The Hall–Kier alpha value is -1.14. The molecule has 1 heterocycles. The van der Waals surface area contributed by atoms with Crippen molar-refractivity contribution in [1.82, 2.24) is 16.0 Å². The van der Waals surface area contributed by atoms with Gasteiger partial charge in [0.1, 0.15) is 0 Å². The zero-order valence-electron chi connectivity index (χ0n) is 12.1. The van der Waals surface area contributed by atoms with E-state index in [9.17, 15) is 9.59 Å². The van der Waals surface area contributed by atoms with Crippen molar-refractivity contribution < 1.29 is 14.3 Å². The standard InChI is InChI=1S/C14H25N3O3/c1-20-7-6-15-13(18)9-16-14(19)12-8-10-4-2-3-5-11(10)17-12/h10-12,17H,2-9H2,1H3,(H,15,18)(H,16,19). The molecule has 3 unspecified atom stereocenters. The van der Waals surface area contributed by atoms with Gasteiger partial charge < -0.3 is 20.7 Å². The van der Waals surface area contributed by atoms with Gasteiger partial charge in [0, 0.05) is 19.7 Å². The Bertz CT molecular complexity index is 335. The molecule has 1 aliphatic heterocycles. The topological polar surface area (TPSA) is 79.5 Å². The monoisotopic (exact) mass is 283 g/mol. The van der Waals surface area contributed by atoms with Gasteiger partial charge in [0.25, 0.3) is 0 Å². The molecule has 0 aromatic rings. The Labute approximate surface area is 120 Å². The highest BCUT2D eigenvalue weighted by Gasteiger charge is 2.38. The summed E-state index contributed by atoms with van der Waals surface area (Å²) >= 11 is 0. The maximum atomic E-state index is 12.0. The number of methoxy groups -OCH3 is 1. The minimum Gasteiger partial charge on any atom is -0.383 e. The molecule has 20 heavy (non-hydrogen) atoms. The van der Waals surface area contributed by atoms with Gasteiger partial charge in [0.2, 0.25) is 11.8 Å². The molecule has 2 amide bonds. The highest BCUT2D eigenvalue weighted by atomic mass is 16.5. The molecule has 1 saturated heterocycles. The van der Waals surface area contributed by atoms with E-state index in [1.165, 1.54) is 25.7 Å². The van der Waals surface area contributed by atoms with Crippen molar-refractivity contribution in [2.75, 3.05) is 26.8 Å². The number of nitrogens with one attached hydrogen (secondary N) is 3. The second-order valence-electron chi connectivity index (χ2n) is 5.67. The van der Waals surface area contributed by atoms with Crippen LogP contribution in [0.4, 0.5) is 0 Å². The van der Waals surface area contributed by atoms with Crippen LogP contribution in [0.2, 0.25) is 0 Å². The van der Waals surface area contributed by atoms with Crippen molar-refractivity contribution in [3.05, 3.63) is 0 Å². The minimum atomic E-state index is -0.175. The zero-order valence-corrected chi connectivity index (χ0v) is 12.1. The second-order valence-corrected chi connectivity index (χ2v) is 5.67. The first-order valence-corrected chi connectivity index (χ1v) is 7.50. The molecule has 2 aliphatic rings. The molecule has 0 aromatic heterocycles. The molecule has 114 valence electrons. The summed E-state index contributed by atoms with van der Waals surface area (Å²) < 4.78 is 4.84. The molecule has 0 spiro atoms. The van der Waals surface area contributed by atoms with Crippen LogP contribution in [0, 0.1) is 5.92 Å². The number of hydrogen-bond donors (Lipinski definition) is 3. The van der Waals surface area contributed by atoms with Crippen LogP contribution in [0.5, 0.6) is 0 Å². The van der Waals surface area contributed by atoms with E-state index in [2.05, 4.69) is 16.0 Å². The summed E-state index contributed by atoms with van der Waals surface area (Å²) in [5.41, 5.74) is 0. The lowest BCUT2D eigenvalue weighted by molar-refractivity contribution is -0.127. The van der Waals surface area contributed by atoms with Crippen LogP contribution in [0.1, 0.15) is 32.1 Å². The van der Waals surface area contributed by atoms with Gasteiger partial charge in [-0.15, -0.1) is 0 Å². The Balaban J connectivity index is 1.66. The predicted octanol–water partition coefficient (Wildman–Crippen LogP) is -0.214. The minimum absolute atomic E-state index is 0.0378. The number of fused-ring (bicyclic) bond motifs is 1. The average molecular weight is 283 g/mol. The predicted molar refractivity (Wildman–Crippen MR) is 75.2 cm³/mol. The maximum Gasteiger partial charge on any atom is 0.239 e. The Morgan fingerprint density at radius 3 is 2.80 bits per heavy atom. The first-order valence-electron chi connectivity index (χ1n) is 7.50. The third-order valence-electron chi connectivity index (χ3n) is 4.23. The molecule has 2 fully saturated rings. The number of hydrogen-bond acceptors (Lipinski definition) is 4. The lowest BCUT2D eigenvalue weighted by atomic mass is 9.85. The second kappa shape index (κ2) is 7.59. The van der Waals surface area contributed by atoms with Crippen molar-refractivity contribution in [3.63, 3.8) is 0 Å². The zero-order chi connectivity index (χ0) is 14.4. The van der Waals surface area contributed by atoms with Crippen LogP contribution in [-0.4, -0.2) is 50.7 Å². The van der Waals surface area contributed by atoms with Gasteiger partial charge in [0.15, 0.2) is 0 Å². The van der Waals surface area contributed by atoms with E-state index in [1.54, 1.807) is 7.11 Å². The quantitative estimate of drug-likeness (QED) is 0.589. The van der Waals surface area contributed by atoms with E-state index in [0.29, 0.717) is 25.1 Å². The summed E-state index contributed by atoms with van der Waals surface area (Å²) in [7, 11) is 1.58. The molecule has 0 radical (unpaired) electrons. The first kappa shape index (κ1) is 15.3. The average Bonchev–Trinajstić information content (AvgIpc) is 2.89. The summed E-state index contributed by atoms with van der Waals surface area (Å²) in [6.45, 7) is 0.986. The molecular formula is C14H25N3O3. The maximum absolute atomic E-state index is 12.0. The fourth-order valence-corrected chi connectivity index (χ4v) is 3.17. The number of amides is 2. The number of carbonyl (C=O) groups excluding carboxylic acids is 2. The van der Waals surface area contributed by atoms with Gasteiger partial charge in [-0.05, 0) is 25.2 Å². The van der Waals surface area contributed by atoms with Gasteiger partial charge >= 0.3 is 0 Å². The van der Waals surface area contributed by atoms with Gasteiger partial charge in [-0.1, -0.05) is 12.8 Å². The molecule has 2 rings (SSSR count). The number of ether oxygens (including phenoxy) is 1. The van der Waals surface area contributed by atoms with Crippen molar-refractivity contribution in [2.45, 2.75) is 44.2 Å². The molecule has 6 heteroatoms. The van der Waals surface area contributed by atoms with Gasteiger partial charge in [-0.2, -0.15) is 0 Å². The molecule has 1 aliphatic carbocycles. The van der Waals surface area contributed by atoms with Crippen LogP contribution in [-0.2, 0) is 14.3 Å². The third-order valence-corrected chi connectivity index (χ3v) is 4.23. The van der Waals surface area contributed by atoms with Crippen molar-refractivity contribution >= 4 is 11.8 Å². The van der Waals surface area contributed by atoms with Crippen LogP contribution < -0.4 is 16.0 Å². The third kappa shape index (κ3) is 4.18. The van der Waals surface area contributed by atoms with Gasteiger partial charge in [-0.25, -0.2) is 0 Å². The number of rotatable bonds is 6. The van der Waals surface area contributed by atoms with Crippen LogP contribution in [0.3, 0.4) is 0 Å². The number of carbonyl (C=O) groups is 2. The van der Waals surface area contributed by atoms with Crippen molar-refractivity contribution in [1.29, 1.82) is 0 Å². The van der Waals surface area contributed by atoms with E-state index in [0.717, 1.165) is 6.42 Å². The van der Waals surface area contributed by atoms with E-state index >= 15 is 0 Å². The lowest BCUT2D eigenvalue weighted by Crippen LogP contribution is -2.46. The lowest BCUT2D eigenvalue weighted by Gasteiger charge is -2.24. The van der Waals surface area contributed by atoms with Gasteiger partial charge in [0.05, 0.1) is 19.2 Å². The van der Waals surface area contributed by atoms with Crippen LogP contribution >= 0.6 is 0 Å². The van der Waals surface area contributed by atoms with Crippen LogP contribution in [0.15, 0.2) is 0 Å². The van der Waals surface area contributed by atoms with E-state index in [4.69, 9.17) is 4.74 Å². The SMILES string of the molecule is COCCNC(=O)CNC(=O)C1CC2CCCCC2N1. The summed E-state index contributed by atoms with van der Waals surface area (Å²) in [5, 5.41) is 8.79. The van der Waals surface area contributed by atoms with Crippen molar-refractivity contribution in [2.24, 2.45) is 5.92 Å². The summed E-state index contributed by atoms with van der Waals surface area (Å²) in [6, 6.07) is 0.366. The Morgan fingerprint density at radius 1 is 1.25 bits per heavy atom. The largest absolute Gasteiger partial charge is 0.383 e. The summed E-state index contributed by atoms with van der Waals surface area (Å²) in [4.78, 5) is 23.5. The first-order chi connectivity index (χ1) is 9.70. The highest BCUT2D eigenvalue weighted by molar-refractivity contribution is 5.87. The highest BCUT2D eigenvalue weighted by Crippen LogP contribution is 2.33. The molecular weight excluding hydrogens is 258 g/mol. The van der Waals surface area contributed by atoms with Crippen molar-refractivity contribution in [3.8, 4) is 0 Å². The fraction of sp³-hybridized carbons (Fsp3) is 0.857. The molecule has 0 aromatic carbocycles. The van der Waals surface area contributed by atoms with E-state index < -0.39 is 0 Å². The van der Waals surface area contributed by atoms with Crippen LogP contribution in [0.25, 0.3) is 0 Å². The molecule has 3 atom stereocenters. The fourth-order valence-electron chi connectivity index (χ4n) is 3.17. The molecule has 1 saturated carbocycles.